The average molecular weight is 415 g/mol. The smallest absolute Gasteiger partial charge is 0.116 e. The standard InChI is InChI=1S/C30H26N2/c1-17-12-18(2)25-19(3)14-22(15-21(25)13-17)28-26-24-11-10-20-8-6-7-9-23(20)27(24)30(4,5)29(26)32-16-31-28/h6-16H,1-5H3. The van der Waals surface area contributed by atoms with Gasteiger partial charge in [0.1, 0.15) is 6.33 Å². The molecule has 5 aromatic rings. The van der Waals surface area contributed by atoms with Gasteiger partial charge in [0, 0.05) is 16.5 Å². The van der Waals surface area contributed by atoms with Crippen LogP contribution in [0.25, 0.3) is 43.9 Å². The van der Waals surface area contributed by atoms with Gasteiger partial charge in [-0.15, -0.1) is 0 Å². The van der Waals surface area contributed by atoms with Crippen molar-refractivity contribution in [3.8, 4) is 22.4 Å². The minimum absolute atomic E-state index is 0.178. The second-order valence-corrected chi connectivity index (χ2v) is 9.75. The summed E-state index contributed by atoms with van der Waals surface area (Å²) in [5.41, 5.74) is 10.8. The first-order chi connectivity index (χ1) is 15.4. The lowest BCUT2D eigenvalue weighted by Gasteiger charge is -2.21. The number of aromatic nitrogens is 2. The summed E-state index contributed by atoms with van der Waals surface area (Å²) in [6.07, 6.45) is 1.74. The summed E-state index contributed by atoms with van der Waals surface area (Å²) in [5.74, 6) is 0. The van der Waals surface area contributed by atoms with Gasteiger partial charge in [0.25, 0.3) is 0 Å². The Morgan fingerprint density at radius 1 is 0.750 bits per heavy atom. The van der Waals surface area contributed by atoms with Crippen molar-refractivity contribution in [2.45, 2.75) is 40.0 Å². The van der Waals surface area contributed by atoms with Crippen molar-refractivity contribution in [2.75, 3.05) is 0 Å². The van der Waals surface area contributed by atoms with Gasteiger partial charge in [-0.3, -0.25) is 0 Å². The van der Waals surface area contributed by atoms with Gasteiger partial charge in [-0.1, -0.05) is 67.9 Å². The highest BCUT2D eigenvalue weighted by atomic mass is 14.9. The van der Waals surface area contributed by atoms with E-state index in [1.54, 1.807) is 6.33 Å². The fourth-order valence-corrected chi connectivity index (χ4v) is 5.91. The molecular weight excluding hydrogens is 388 g/mol. The molecule has 0 N–H and O–H groups in total. The van der Waals surface area contributed by atoms with Gasteiger partial charge in [0.05, 0.1) is 11.4 Å². The van der Waals surface area contributed by atoms with Crippen LogP contribution in [0.5, 0.6) is 0 Å². The molecule has 0 saturated heterocycles. The van der Waals surface area contributed by atoms with Crippen LogP contribution in [0.1, 0.15) is 41.8 Å². The first kappa shape index (κ1) is 19.2. The molecule has 0 aliphatic heterocycles. The highest BCUT2D eigenvalue weighted by Gasteiger charge is 2.40. The Morgan fingerprint density at radius 2 is 1.53 bits per heavy atom. The summed E-state index contributed by atoms with van der Waals surface area (Å²) in [7, 11) is 0. The van der Waals surface area contributed by atoms with E-state index in [4.69, 9.17) is 9.97 Å². The maximum absolute atomic E-state index is 4.85. The molecule has 1 aliphatic rings. The minimum atomic E-state index is -0.178. The average Bonchev–Trinajstić information content (AvgIpc) is 3.00. The summed E-state index contributed by atoms with van der Waals surface area (Å²) in [4.78, 5) is 9.67. The number of nitrogens with zero attached hydrogens (tertiary/aromatic N) is 2. The van der Waals surface area contributed by atoms with E-state index in [9.17, 15) is 0 Å². The van der Waals surface area contributed by atoms with Gasteiger partial charge < -0.3 is 0 Å². The van der Waals surface area contributed by atoms with Crippen LogP contribution >= 0.6 is 0 Å². The molecule has 1 aliphatic carbocycles. The maximum atomic E-state index is 4.85. The molecule has 1 aromatic heterocycles. The Bertz CT molecular complexity index is 1570. The largest absolute Gasteiger partial charge is 0.240 e. The molecule has 1 heterocycles. The molecule has 2 heteroatoms. The number of rotatable bonds is 1. The lowest BCUT2D eigenvalue weighted by Crippen LogP contribution is -2.17. The van der Waals surface area contributed by atoms with Gasteiger partial charge in [-0.2, -0.15) is 0 Å². The third-order valence-electron chi connectivity index (χ3n) is 7.12. The second-order valence-electron chi connectivity index (χ2n) is 9.75. The van der Waals surface area contributed by atoms with E-state index >= 15 is 0 Å². The minimum Gasteiger partial charge on any atom is -0.240 e. The first-order valence-electron chi connectivity index (χ1n) is 11.3. The zero-order valence-electron chi connectivity index (χ0n) is 19.2. The van der Waals surface area contributed by atoms with Crippen molar-refractivity contribution in [3.05, 3.63) is 94.9 Å². The molecule has 0 bridgehead atoms. The van der Waals surface area contributed by atoms with Crippen molar-refractivity contribution in [1.29, 1.82) is 0 Å². The monoisotopic (exact) mass is 414 g/mol. The van der Waals surface area contributed by atoms with Crippen LogP contribution in [0.15, 0.2) is 67.0 Å². The third kappa shape index (κ3) is 2.53. The van der Waals surface area contributed by atoms with Gasteiger partial charge in [0.2, 0.25) is 0 Å². The van der Waals surface area contributed by atoms with Crippen LogP contribution in [0.2, 0.25) is 0 Å². The molecular formula is C30H26N2. The second kappa shape index (κ2) is 6.49. The van der Waals surface area contributed by atoms with E-state index in [0.717, 1.165) is 17.0 Å². The van der Waals surface area contributed by atoms with Crippen LogP contribution in [-0.4, -0.2) is 9.97 Å². The van der Waals surface area contributed by atoms with Crippen molar-refractivity contribution in [3.63, 3.8) is 0 Å². The van der Waals surface area contributed by atoms with E-state index in [2.05, 4.69) is 95.3 Å². The molecule has 4 aromatic carbocycles. The number of hydrogen-bond donors (Lipinski definition) is 0. The van der Waals surface area contributed by atoms with Gasteiger partial charge in [-0.25, -0.2) is 9.97 Å². The summed E-state index contributed by atoms with van der Waals surface area (Å²) in [6, 6.07) is 22.3. The van der Waals surface area contributed by atoms with Crippen molar-refractivity contribution >= 4 is 21.5 Å². The first-order valence-corrected chi connectivity index (χ1v) is 11.3. The quantitative estimate of drug-likeness (QED) is 0.281. The number of benzene rings is 4. The van der Waals surface area contributed by atoms with E-state index in [0.29, 0.717) is 0 Å². The molecule has 0 saturated carbocycles. The SMILES string of the molecule is Cc1cc(C)c2c(C)cc(-c3ncnc4c3-c3ccc5ccccc5c3C4(C)C)cc2c1. The van der Waals surface area contributed by atoms with Crippen molar-refractivity contribution in [1.82, 2.24) is 9.97 Å². The summed E-state index contributed by atoms with van der Waals surface area (Å²) in [5, 5.41) is 5.20. The number of aryl methyl sites for hydroxylation is 3. The molecule has 2 nitrogen and oxygen atoms in total. The Morgan fingerprint density at radius 3 is 2.38 bits per heavy atom. The predicted molar refractivity (Wildman–Crippen MR) is 134 cm³/mol. The molecule has 0 fully saturated rings. The van der Waals surface area contributed by atoms with Gasteiger partial charge >= 0.3 is 0 Å². The van der Waals surface area contributed by atoms with Crippen LogP contribution in [0.4, 0.5) is 0 Å². The molecule has 6 rings (SSSR count). The van der Waals surface area contributed by atoms with E-state index in [1.807, 2.05) is 0 Å². The molecule has 0 amide bonds. The lowest BCUT2D eigenvalue weighted by molar-refractivity contribution is 0.640. The molecule has 32 heavy (non-hydrogen) atoms. The summed E-state index contributed by atoms with van der Waals surface area (Å²) >= 11 is 0. The van der Waals surface area contributed by atoms with Crippen molar-refractivity contribution in [2.24, 2.45) is 0 Å². The van der Waals surface area contributed by atoms with E-state index < -0.39 is 0 Å². The fraction of sp³-hybridized carbons (Fsp3) is 0.200. The third-order valence-corrected chi connectivity index (χ3v) is 7.12. The summed E-state index contributed by atoms with van der Waals surface area (Å²) < 4.78 is 0. The van der Waals surface area contributed by atoms with Crippen molar-refractivity contribution < 1.29 is 0 Å². The molecule has 0 spiro atoms. The normalized spacial score (nSPS) is 14.0. The zero-order valence-corrected chi connectivity index (χ0v) is 19.2. The van der Waals surface area contributed by atoms with Crippen LogP contribution in [-0.2, 0) is 5.41 Å². The highest BCUT2D eigenvalue weighted by Crippen LogP contribution is 2.52. The Balaban J connectivity index is 1.69. The number of hydrogen-bond acceptors (Lipinski definition) is 2. The van der Waals surface area contributed by atoms with E-state index in [1.165, 1.54) is 54.9 Å². The Labute approximate surface area is 189 Å². The Kier molecular flexibility index (Phi) is 3.89. The topological polar surface area (TPSA) is 25.8 Å². The van der Waals surface area contributed by atoms with Crippen LogP contribution in [0.3, 0.4) is 0 Å². The Hall–Kier alpha value is -3.52. The molecule has 156 valence electrons. The zero-order chi connectivity index (χ0) is 22.2. The van der Waals surface area contributed by atoms with Crippen LogP contribution in [0, 0.1) is 20.8 Å². The predicted octanol–water partition coefficient (Wildman–Crippen LogP) is 7.68. The number of fused-ring (bicyclic) bond motifs is 6. The highest BCUT2D eigenvalue weighted by molar-refractivity contribution is 6.01. The molecule has 0 atom stereocenters. The lowest BCUT2D eigenvalue weighted by atomic mass is 9.82. The fourth-order valence-electron chi connectivity index (χ4n) is 5.91. The van der Waals surface area contributed by atoms with Crippen LogP contribution < -0.4 is 0 Å². The summed E-state index contributed by atoms with van der Waals surface area (Å²) in [6.45, 7) is 11.2. The molecule has 0 radical (unpaired) electrons. The van der Waals surface area contributed by atoms with Gasteiger partial charge in [0.15, 0.2) is 0 Å². The maximum Gasteiger partial charge on any atom is 0.116 e. The molecule has 0 unspecified atom stereocenters. The van der Waals surface area contributed by atoms with Gasteiger partial charge in [-0.05, 0) is 76.7 Å². The van der Waals surface area contributed by atoms with E-state index in [-0.39, 0.29) is 5.41 Å².